The highest BCUT2D eigenvalue weighted by Gasteiger charge is 2.44. The molecule has 1 spiro atoms. The van der Waals surface area contributed by atoms with E-state index in [1.54, 1.807) is 31.2 Å². The molecule has 2 fully saturated rings. The lowest BCUT2D eigenvalue weighted by molar-refractivity contribution is -0.129. The molecule has 2 N–H and O–H groups in total. The minimum Gasteiger partial charge on any atom is -0.348 e. The maximum absolute atomic E-state index is 12.8. The van der Waals surface area contributed by atoms with Crippen molar-refractivity contribution in [2.45, 2.75) is 50.6 Å². The molecule has 2 aliphatic rings. The zero-order chi connectivity index (χ0) is 20.4. The summed E-state index contributed by atoms with van der Waals surface area (Å²) in [7, 11) is -3.49. The Morgan fingerprint density at radius 3 is 2.54 bits per heavy atom. The van der Waals surface area contributed by atoms with E-state index >= 15 is 0 Å². The Bertz CT molecular complexity index is 835. The zero-order valence-electron chi connectivity index (χ0n) is 15.9. The molecule has 28 heavy (non-hydrogen) atoms. The molecule has 1 saturated heterocycles. The minimum atomic E-state index is -3.49. The molecule has 1 heterocycles. The Hall–Kier alpha value is -1.64. The number of benzene rings is 1. The van der Waals surface area contributed by atoms with Gasteiger partial charge in [-0.25, -0.2) is 8.42 Å². The van der Waals surface area contributed by atoms with E-state index in [0.29, 0.717) is 5.02 Å². The SMILES string of the molecule is CCS(=O)(=O)N1CC(NC(=O)Cc2ccc(Cl)cc2)C(=O)NC2(CCCC2)C1. The van der Waals surface area contributed by atoms with Crippen molar-refractivity contribution >= 4 is 33.4 Å². The first kappa shape index (κ1) is 21.1. The van der Waals surface area contributed by atoms with Crippen LogP contribution in [0.15, 0.2) is 24.3 Å². The van der Waals surface area contributed by atoms with Gasteiger partial charge in [-0.2, -0.15) is 4.31 Å². The number of nitrogens with zero attached hydrogens (tertiary/aromatic N) is 1. The zero-order valence-corrected chi connectivity index (χ0v) is 17.5. The van der Waals surface area contributed by atoms with Gasteiger partial charge in [0.1, 0.15) is 6.04 Å². The van der Waals surface area contributed by atoms with Gasteiger partial charge in [0.15, 0.2) is 0 Å². The average molecular weight is 428 g/mol. The topological polar surface area (TPSA) is 95.6 Å². The summed E-state index contributed by atoms with van der Waals surface area (Å²) in [6.45, 7) is 1.81. The molecule has 1 aliphatic carbocycles. The highest BCUT2D eigenvalue weighted by atomic mass is 35.5. The van der Waals surface area contributed by atoms with Crippen LogP contribution in [0.2, 0.25) is 5.02 Å². The second-order valence-electron chi connectivity index (χ2n) is 7.59. The third kappa shape index (κ3) is 4.85. The molecule has 3 rings (SSSR count). The maximum atomic E-state index is 12.8. The van der Waals surface area contributed by atoms with Crippen LogP contribution in [0.25, 0.3) is 0 Å². The van der Waals surface area contributed by atoms with Crippen LogP contribution in [0.1, 0.15) is 38.2 Å². The van der Waals surface area contributed by atoms with Gasteiger partial charge in [-0.1, -0.05) is 36.6 Å². The van der Waals surface area contributed by atoms with Crippen molar-refractivity contribution in [2.75, 3.05) is 18.8 Å². The van der Waals surface area contributed by atoms with Crippen LogP contribution >= 0.6 is 11.6 Å². The molecule has 9 heteroatoms. The number of sulfonamides is 1. The smallest absolute Gasteiger partial charge is 0.244 e. The molecule has 0 aromatic heterocycles. The van der Waals surface area contributed by atoms with Gasteiger partial charge < -0.3 is 10.6 Å². The molecular formula is C19H26ClN3O4S. The number of carbonyl (C=O) groups is 2. The number of hydrogen-bond donors (Lipinski definition) is 2. The van der Waals surface area contributed by atoms with E-state index in [0.717, 1.165) is 31.2 Å². The second-order valence-corrected chi connectivity index (χ2v) is 10.3. The first-order valence-electron chi connectivity index (χ1n) is 9.57. The summed E-state index contributed by atoms with van der Waals surface area (Å²) in [5, 5.41) is 6.32. The standard InChI is InChI=1S/C19H26ClN3O4S/c1-2-28(26,27)23-12-16(18(25)22-19(13-23)9-3-4-10-19)21-17(24)11-14-5-7-15(20)8-6-14/h5-8,16H,2-4,9-13H2,1H3,(H,21,24)(H,22,25). The van der Waals surface area contributed by atoms with Crippen molar-refractivity contribution in [1.82, 2.24) is 14.9 Å². The molecule has 154 valence electrons. The Kier molecular flexibility index (Phi) is 6.31. The lowest BCUT2D eigenvalue weighted by atomic mass is 9.98. The van der Waals surface area contributed by atoms with E-state index in [9.17, 15) is 18.0 Å². The molecule has 1 aromatic rings. The highest BCUT2D eigenvalue weighted by molar-refractivity contribution is 7.89. The minimum absolute atomic E-state index is 0.0390. The average Bonchev–Trinajstić information content (AvgIpc) is 3.04. The summed E-state index contributed by atoms with van der Waals surface area (Å²) in [6.07, 6.45) is 3.49. The van der Waals surface area contributed by atoms with Crippen molar-refractivity contribution in [2.24, 2.45) is 0 Å². The number of hydrogen-bond acceptors (Lipinski definition) is 4. The third-order valence-electron chi connectivity index (χ3n) is 5.50. The predicted octanol–water partition coefficient (Wildman–Crippen LogP) is 1.46. The Balaban J connectivity index is 1.76. The largest absolute Gasteiger partial charge is 0.348 e. The first-order chi connectivity index (χ1) is 13.2. The van der Waals surface area contributed by atoms with Gasteiger partial charge in [0.25, 0.3) is 0 Å². The molecule has 1 aliphatic heterocycles. The van der Waals surface area contributed by atoms with Crippen LogP contribution in [0.4, 0.5) is 0 Å². The summed E-state index contributed by atoms with van der Waals surface area (Å²) in [5.41, 5.74) is 0.232. The molecule has 0 bridgehead atoms. The molecular weight excluding hydrogens is 402 g/mol. The van der Waals surface area contributed by atoms with Gasteiger partial charge in [0, 0.05) is 18.1 Å². The Morgan fingerprint density at radius 2 is 1.93 bits per heavy atom. The number of nitrogens with one attached hydrogen (secondary N) is 2. The van der Waals surface area contributed by atoms with Crippen LogP contribution in [0.3, 0.4) is 0 Å². The quantitative estimate of drug-likeness (QED) is 0.743. The van der Waals surface area contributed by atoms with E-state index in [1.807, 2.05) is 0 Å². The van der Waals surface area contributed by atoms with Crippen molar-refractivity contribution in [3.05, 3.63) is 34.9 Å². The first-order valence-corrected chi connectivity index (χ1v) is 11.6. The molecule has 1 saturated carbocycles. The number of carbonyl (C=O) groups excluding carboxylic acids is 2. The molecule has 1 atom stereocenters. The van der Waals surface area contributed by atoms with Gasteiger partial charge in [0.2, 0.25) is 21.8 Å². The van der Waals surface area contributed by atoms with Crippen LogP contribution in [0.5, 0.6) is 0 Å². The summed E-state index contributed by atoms with van der Waals surface area (Å²) < 4.78 is 26.5. The van der Waals surface area contributed by atoms with Gasteiger partial charge in [-0.15, -0.1) is 0 Å². The monoisotopic (exact) mass is 427 g/mol. The fourth-order valence-electron chi connectivity index (χ4n) is 3.95. The van der Waals surface area contributed by atoms with E-state index < -0.39 is 21.6 Å². The maximum Gasteiger partial charge on any atom is 0.244 e. The predicted molar refractivity (Wildman–Crippen MR) is 107 cm³/mol. The molecule has 7 nitrogen and oxygen atoms in total. The lowest BCUT2D eigenvalue weighted by Gasteiger charge is -2.32. The van der Waals surface area contributed by atoms with Gasteiger partial charge in [-0.05, 0) is 37.5 Å². The van der Waals surface area contributed by atoms with Crippen LogP contribution in [-0.2, 0) is 26.0 Å². The van der Waals surface area contributed by atoms with Crippen molar-refractivity contribution in [3.63, 3.8) is 0 Å². The van der Waals surface area contributed by atoms with E-state index in [2.05, 4.69) is 10.6 Å². The number of rotatable bonds is 5. The van der Waals surface area contributed by atoms with Crippen LogP contribution in [-0.4, -0.2) is 55.0 Å². The summed E-state index contributed by atoms with van der Waals surface area (Å²) in [5.74, 6) is -0.693. The molecule has 1 aromatic carbocycles. The van der Waals surface area contributed by atoms with Gasteiger partial charge in [0.05, 0.1) is 17.7 Å². The molecule has 2 amide bonds. The third-order valence-corrected chi connectivity index (χ3v) is 7.55. The van der Waals surface area contributed by atoms with Gasteiger partial charge >= 0.3 is 0 Å². The highest BCUT2D eigenvalue weighted by Crippen LogP contribution is 2.32. The summed E-state index contributed by atoms with van der Waals surface area (Å²) >= 11 is 5.86. The molecule has 0 radical (unpaired) electrons. The fraction of sp³-hybridized carbons (Fsp3) is 0.579. The Labute approximate surface area is 170 Å². The number of amides is 2. The summed E-state index contributed by atoms with van der Waals surface area (Å²) in [6, 6.07) is 5.97. The van der Waals surface area contributed by atoms with Crippen LogP contribution in [0, 0.1) is 0 Å². The fourth-order valence-corrected chi connectivity index (χ4v) is 5.26. The van der Waals surface area contributed by atoms with Crippen molar-refractivity contribution < 1.29 is 18.0 Å². The summed E-state index contributed by atoms with van der Waals surface area (Å²) in [4.78, 5) is 25.3. The second kappa shape index (κ2) is 8.39. The van der Waals surface area contributed by atoms with Crippen molar-refractivity contribution in [3.8, 4) is 0 Å². The lowest BCUT2D eigenvalue weighted by Crippen LogP contribution is -2.54. The number of halogens is 1. The van der Waals surface area contributed by atoms with E-state index in [-0.39, 0.29) is 37.1 Å². The normalized spacial score (nSPS) is 22.6. The van der Waals surface area contributed by atoms with Gasteiger partial charge in [-0.3, -0.25) is 9.59 Å². The Morgan fingerprint density at radius 1 is 1.29 bits per heavy atom. The van der Waals surface area contributed by atoms with E-state index in [1.165, 1.54) is 4.31 Å². The molecule has 1 unspecified atom stereocenters. The van der Waals surface area contributed by atoms with Crippen molar-refractivity contribution in [1.29, 1.82) is 0 Å². The van der Waals surface area contributed by atoms with E-state index in [4.69, 9.17) is 11.6 Å². The van der Waals surface area contributed by atoms with Crippen LogP contribution < -0.4 is 10.6 Å².